The maximum atomic E-state index is 5.84. The van der Waals surface area contributed by atoms with Crippen LogP contribution in [0.15, 0.2) is 6.07 Å². The van der Waals surface area contributed by atoms with Crippen LogP contribution in [-0.4, -0.2) is 43.9 Å². The van der Waals surface area contributed by atoms with Crippen LogP contribution in [0, 0.1) is 5.92 Å². The quantitative estimate of drug-likeness (QED) is 0.898. The predicted octanol–water partition coefficient (Wildman–Crippen LogP) is 1.74. The van der Waals surface area contributed by atoms with Gasteiger partial charge in [0, 0.05) is 37.3 Å². The number of aromatic nitrogens is 1. The van der Waals surface area contributed by atoms with Gasteiger partial charge in [0.2, 0.25) is 0 Å². The molecule has 0 radical (unpaired) electrons. The summed E-state index contributed by atoms with van der Waals surface area (Å²) in [6, 6.07) is 3.18. The Hall–Kier alpha value is -1.33. The number of rotatable bonds is 5. The van der Waals surface area contributed by atoms with E-state index >= 15 is 0 Å². The Labute approximate surface area is 132 Å². The molecule has 2 atom stereocenters. The minimum atomic E-state index is 0.487. The lowest BCUT2D eigenvalue weighted by Gasteiger charge is -2.37. The van der Waals surface area contributed by atoms with Gasteiger partial charge in [-0.05, 0) is 38.2 Å². The summed E-state index contributed by atoms with van der Waals surface area (Å²) in [7, 11) is 1.72. The molecule has 1 saturated carbocycles. The second-order valence-corrected chi connectivity index (χ2v) is 6.85. The first kappa shape index (κ1) is 14.3. The molecular formula is C17H25N3O2. The van der Waals surface area contributed by atoms with Gasteiger partial charge in [0.25, 0.3) is 0 Å². The van der Waals surface area contributed by atoms with Crippen LogP contribution in [0.4, 0.5) is 5.82 Å². The molecule has 2 fully saturated rings. The highest BCUT2D eigenvalue weighted by molar-refractivity contribution is 5.58. The minimum Gasteiger partial charge on any atom is -0.495 e. The fraction of sp³-hybridized carbons (Fsp3) is 0.706. The van der Waals surface area contributed by atoms with E-state index in [9.17, 15) is 0 Å². The first-order valence-corrected chi connectivity index (χ1v) is 8.40. The molecule has 1 aromatic heterocycles. The van der Waals surface area contributed by atoms with Crippen molar-refractivity contribution in [3.05, 3.63) is 17.3 Å². The fourth-order valence-corrected chi connectivity index (χ4v) is 3.64. The minimum absolute atomic E-state index is 0.487. The SMILES string of the molecule is COc1cc2c(nc1COCC1CC1)N1[C@@H](CNC[C@H]1C)C2. The average Bonchev–Trinajstić information content (AvgIpc) is 3.26. The van der Waals surface area contributed by atoms with Gasteiger partial charge in [0.05, 0.1) is 13.7 Å². The first-order valence-electron chi connectivity index (χ1n) is 8.40. The Morgan fingerprint density at radius 1 is 1.36 bits per heavy atom. The van der Waals surface area contributed by atoms with Gasteiger partial charge in [-0.15, -0.1) is 0 Å². The van der Waals surface area contributed by atoms with Gasteiger partial charge in [-0.1, -0.05) is 0 Å². The maximum absolute atomic E-state index is 5.84. The van der Waals surface area contributed by atoms with Gasteiger partial charge in [-0.3, -0.25) is 0 Å². The molecule has 0 aromatic carbocycles. The summed E-state index contributed by atoms with van der Waals surface area (Å²) in [6.45, 7) is 5.74. The molecule has 3 aliphatic rings. The number of nitrogens with one attached hydrogen (secondary N) is 1. The molecule has 0 bridgehead atoms. The average molecular weight is 303 g/mol. The van der Waals surface area contributed by atoms with E-state index in [4.69, 9.17) is 14.5 Å². The largest absolute Gasteiger partial charge is 0.495 e. The van der Waals surface area contributed by atoms with Crippen LogP contribution in [0.25, 0.3) is 0 Å². The highest BCUT2D eigenvalue weighted by Gasteiger charge is 2.37. The zero-order chi connectivity index (χ0) is 15.1. The fourth-order valence-electron chi connectivity index (χ4n) is 3.64. The normalized spacial score (nSPS) is 26.7. The third-order valence-electron chi connectivity index (χ3n) is 5.02. The molecule has 2 aliphatic heterocycles. The van der Waals surface area contributed by atoms with Gasteiger partial charge in [0.15, 0.2) is 0 Å². The summed E-state index contributed by atoms with van der Waals surface area (Å²) in [4.78, 5) is 7.41. The van der Waals surface area contributed by atoms with Crippen molar-refractivity contribution in [1.29, 1.82) is 0 Å². The van der Waals surface area contributed by atoms with Crippen molar-refractivity contribution < 1.29 is 9.47 Å². The van der Waals surface area contributed by atoms with Gasteiger partial charge >= 0.3 is 0 Å². The molecule has 1 saturated heterocycles. The number of methoxy groups -OCH3 is 1. The molecule has 5 nitrogen and oxygen atoms in total. The third-order valence-corrected chi connectivity index (χ3v) is 5.02. The lowest BCUT2D eigenvalue weighted by molar-refractivity contribution is 0.107. The van der Waals surface area contributed by atoms with Crippen LogP contribution in [0.3, 0.4) is 0 Å². The molecule has 1 aliphatic carbocycles. The van der Waals surface area contributed by atoms with Gasteiger partial charge in [0.1, 0.15) is 17.3 Å². The standard InChI is InChI=1S/C17H25N3O2/c1-11-7-18-8-14-5-13-6-16(21-2)15(19-17(13)20(11)14)10-22-9-12-3-4-12/h6,11-12,14,18H,3-5,7-10H2,1-2H3/t11-,14-/m1/s1. The van der Waals surface area contributed by atoms with E-state index in [1.54, 1.807) is 7.11 Å². The second kappa shape index (κ2) is 5.70. The van der Waals surface area contributed by atoms with E-state index in [2.05, 4.69) is 23.2 Å². The third kappa shape index (κ3) is 2.57. The number of nitrogens with zero attached hydrogens (tertiary/aromatic N) is 2. The van der Waals surface area contributed by atoms with Crippen LogP contribution in [0.2, 0.25) is 0 Å². The van der Waals surface area contributed by atoms with Crippen molar-refractivity contribution in [3.63, 3.8) is 0 Å². The summed E-state index contributed by atoms with van der Waals surface area (Å²) >= 11 is 0. The number of pyridine rings is 1. The Bertz CT molecular complexity index is 559. The Balaban J connectivity index is 1.58. The zero-order valence-electron chi connectivity index (χ0n) is 13.5. The van der Waals surface area contributed by atoms with E-state index in [1.165, 1.54) is 18.4 Å². The molecule has 0 unspecified atom stereocenters. The number of fused-ring (bicyclic) bond motifs is 3. The van der Waals surface area contributed by atoms with Crippen LogP contribution in [0.5, 0.6) is 5.75 Å². The van der Waals surface area contributed by atoms with E-state index < -0.39 is 0 Å². The molecule has 5 heteroatoms. The van der Waals surface area contributed by atoms with Gasteiger partial charge in [-0.25, -0.2) is 4.98 Å². The van der Waals surface area contributed by atoms with Crippen LogP contribution >= 0.6 is 0 Å². The number of piperazine rings is 1. The second-order valence-electron chi connectivity index (χ2n) is 6.85. The molecule has 4 rings (SSSR count). The smallest absolute Gasteiger partial charge is 0.143 e. The van der Waals surface area contributed by atoms with Crippen LogP contribution in [-0.2, 0) is 17.8 Å². The number of hydrogen-bond donors (Lipinski definition) is 1. The summed E-state index contributed by atoms with van der Waals surface area (Å²) < 4.78 is 11.4. The lowest BCUT2D eigenvalue weighted by atomic mass is 10.1. The van der Waals surface area contributed by atoms with Crippen molar-refractivity contribution in [3.8, 4) is 5.75 Å². The Morgan fingerprint density at radius 2 is 2.23 bits per heavy atom. The van der Waals surface area contributed by atoms with Gasteiger partial charge < -0.3 is 19.7 Å². The monoisotopic (exact) mass is 303 g/mol. The molecule has 3 heterocycles. The maximum Gasteiger partial charge on any atom is 0.143 e. The number of anilines is 1. The topological polar surface area (TPSA) is 46.6 Å². The molecule has 1 aromatic rings. The molecule has 22 heavy (non-hydrogen) atoms. The van der Waals surface area contributed by atoms with Crippen molar-refractivity contribution in [2.24, 2.45) is 5.92 Å². The predicted molar refractivity (Wildman–Crippen MR) is 85.5 cm³/mol. The number of hydrogen-bond acceptors (Lipinski definition) is 5. The Kier molecular flexibility index (Phi) is 3.70. The van der Waals surface area contributed by atoms with E-state index in [1.807, 2.05) is 0 Å². The molecule has 1 N–H and O–H groups in total. The van der Waals surface area contributed by atoms with Crippen LogP contribution in [0.1, 0.15) is 31.0 Å². The Morgan fingerprint density at radius 3 is 3.00 bits per heavy atom. The van der Waals surface area contributed by atoms with Crippen molar-refractivity contribution in [2.45, 2.75) is 44.9 Å². The summed E-state index contributed by atoms with van der Waals surface area (Å²) in [5.41, 5.74) is 2.25. The zero-order valence-corrected chi connectivity index (χ0v) is 13.5. The van der Waals surface area contributed by atoms with Crippen molar-refractivity contribution in [1.82, 2.24) is 10.3 Å². The van der Waals surface area contributed by atoms with E-state index in [-0.39, 0.29) is 0 Å². The first-order chi connectivity index (χ1) is 10.8. The molecule has 0 amide bonds. The summed E-state index contributed by atoms with van der Waals surface area (Å²) in [6.07, 6.45) is 3.68. The lowest BCUT2D eigenvalue weighted by Crippen LogP contribution is -2.55. The highest BCUT2D eigenvalue weighted by Crippen LogP contribution is 2.37. The molecule has 0 spiro atoms. The van der Waals surface area contributed by atoms with Crippen molar-refractivity contribution in [2.75, 3.05) is 31.7 Å². The van der Waals surface area contributed by atoms with Crippen molar-refractivity contribution >= 4 is 5.82 Å². The van der Waals surface area contributed by atoms with E-state index in [0.717, 1.165) is 49.3 Å². The highest BCUT2D eigenvalue weighted by atomic mass is 16.5. The van der Waals surface area contributed by atoms with Crippen LogP contribution < -0.4 is 15.0 Å². The van der Waals surface area contributed by atoms with Gasteiger partial charge in [-0.2, -0.15) is 0 Å². The molecule has 120 valence electrons. The summed E-state index contributed by atoms with van der Waals surface area (Å²) in [5.74, 6) is 2.79. The van der Waals surface area contributed by atoms with E-state index in [0.29, 0.717) is 18.7 Å². The number of ether oxygens (including phenoxy) is 2. The molecular weight excluding hydrogens is 278 g/mol. The summed E-state index contributed by atoms with van der Waals surface area (Å²) in [5, 5.41) is 3.51.